The van der Waals surface area contributed by atoms with Crippen molar-refractivity contribution in [1.82, 2.24) is 4.98 Å². The number of amides is 2. The largest absolute Gasteiger partial charge is 0.318 e. The Kier molecular flexibility index (Phi) is 4.92. The third kappa shape index (κ3) is 3.71. The number of benzene rings is 1. The Morgan fingerprint density at radius 2 is 1.73 bits per heavy atom. The third-order valence-corrected chi connectivity index (χ3v) is 4.27. The van der Waals surface area contributed by atoms with E-state index < -0.39 is 11.8 Å². The summed E-state index contributed by atoms with van der Waals surface area (Å²) in [4.78, 5) is 29.2. The van der Waals surface area contributed by atoms with Crippen molar-refractivity contribution < 1.29 is 9.59 Å². The minimum Gasteiger partial charge on any atom is -0.318 e. The van der Waals surface area contributed by atoms with E-state index in [9.17, 15) is 9.59 Å². The Hall–Kier alpha value is -2.21. The molecule has 1 heterocycles. The van der Waals surface area contributed by atoms with Gasteiger partial charge in [-0.05, 0) is 31.4 Å². The summed E-state index contributed by atoms with van der Waals surface area (Å²) in [7, 11) is 0. The van der Waals surface area contributed by atoms with Crippen molar-refractivity contribution in [3.05, 3.63) is 40.4 Å². The zero-order chi connectivity index (χ0) is 16.3. The molecule has 0 saturated carbocycles. The van der Waals surface area contributed by atoms with E-state index in [0.717, 1.165) is 16.1 Å². The van der Waals surface area contributed by atoms with Crippen LogP contribution >= 0.6 is 11.3 Å². The minimum absolute atomic E-state index is 0.254. The SMILES string of the molecule is Cc1nc(NC(=O)C(=O)Nc2ccccc2C(C)C)sc1C. The van der Waals surface area contributed by atoms with E-state index in [-0.39, 0.29) is 5.92 Å². The van der Waals surface area contributed by atoms with Crippen LogP contribution in [0.2, 0.25) is 0 Å². The van der Waals surface area contributed by atoms with Crippen LogP contribution in [-0.2, 0) is 9.59 Å². The number of rotatable bonds is 3. The lowest BCUT2D eigenvalue weighted by molar-refractivity contribution is -0.133. The first kappa shape index (κ1) is 16.2. The van der Waals surface area contributed by atoms with Gasteiger partial charge in [0.1, 0.15) is 0 Å². The van der Waals surface area contributed by atoms with Gasteiger partial charge in [-0.25, -0.2) is 4.98 Å². The summed E-state index contributed by atoms with van der Waals surface area (Å²) in [6.45, 7) is 7.85. The molecule has 0 saturated heterocycles. The number of hydrogen-bond acceptors (Lipinski definition) is 4. The van der Waals surface area contributed by atoms with Crippen LogP contribution in [0, 0.1) is 13.8 Å². The highest BCUT2D eigenvalue weighted by Crippen LogP contribution is 2.24. The molecule has 0 bridgehead atoms. The molecule has 0 atom stereocenters. The number of aryl methyl sites for hydroxylation is 2. The van der Waals surface area contributed by atoms with Gasteiger partial charge < -0.3 is 5.32 Å². The van der Waals surface area contributed by atoms with Crippen LogP contribution in [0.3, 0.4) is 0 Å². The predicted octanol–water partition coefficient (Wildman–Crippen LogP) is 3.46. The van der Waals surface area contributed by atoms with Crippen LogP contribution in [0.1, 0.15) is 35.9 Å². The van der Waals surface area contributed by atoms with Crippen LogP contribution in [0.5, 0.6) is 0 Å². The number of para-hydroxylation sites is 1. The third-order valence-electron chi connectivity index (χ3n) is 3.29. The molecule has 5 nitrogen and oxygen atoms in total. The average Bonchev–Trinajstić information content (AvgIpc) is 2.77. The van der Waals surface area contributed by atoms with Crippen molar-refractivity contribution in [3.63, 3.8) is 0 Å². The summed E-state index contributed by atoms with van der Waals surface area (Å²) < 4.78 is 0. The van der Waals surface area contributed by atoms with Crippen molar-refractivity contribution in [3.8, 4) is 0 Å². The van der Waals surface area contributed by atoms with Gasteiger partial charge in [-0.3, -0.25) is 14.9 Å². The lowest BCUT2D eigenvalue weighted by Gasteiger charge is -2.13. The van der Waals surface area contributed by atoms with Crippen molar-refractivity contribution >= 4 is 34.0 Å². The number of nitrogens with one attached hydrogen (secondary N) is 2. The second kappa shape index (κ2) is 6.70. The molecular formula is C16H19N3O2S. The highest BCUT2D eigenvalue weighted by atomic mass is 32.1. The second-order valence-electron chi connectivity index (χ2n) is 5.31. The zero-order valence-corrected chi connectivity index (χ0v) is 13.9. The molecule has 0 aliphatic rings. The number of thiazole rings is 1. The number of anilines is 2. The summed E-state index contributed by atoms with van der Waals surface area (Å²) in [6.07, 6.45) is 0. The van der Waals surface area contributed by atoms with E-state index in [4.69, 9.17) is 0 Å². The molecular weight excluding hydrogens is 298 g/mol. The van der Waals surface area contributed by atoms with Crippen LogP contribution < -0.4 is 10.6 Å². The standard InChI is InChI=1S/C16H19N3O2S/c1-9(2)12-7-5-6-8-13(12)18-14(20)15(21)19-16-17-10(3)11(4)22-16/h5-9H,1-4H3,(H,18,20)(H,17,19,21). The molecule has 0 aliphatic heterocycles. The second-order valence-corrected chi connectivity index (χ2v) is 6.51. The molecule has 116 valence electrons. The van der Waals surface area contributed by atoms with Crippen LogP contribution in [0.15, 0.2) is 24.3 Å². The highest BCUT2D eigenvalue weighted by molar-refractivity contribution is 7.15. The molecule has 0 fully saturated rings. The van der Waals surface area contributed by atoms with Crippen LogP contribution in [0.25, 0.3) is 0 Å². The highest BCUT2D eigenvalue weighted by Gasteiger charge is 2.18. The number of hydrogen-bond donors (Lipinski definition) is 2. The van der Waals surface area contributed by atoms with E-state index >= 15 is 0 Å². The van der Waals surface area contributed by atoms with Crippen molar-refractivity contribution in [2.45, 2.75) is 33.6 Å². The average molecular weight is 317 g/mol. The zero-order valence-electron chi connectivity index (χ0n) is 13.1. The van der Waals surface area contributed by atoms with E-state index in [2.05, 4.69) is 15.6 Å². The maximum Gasteiger partial charge on any atom is 0.315 e. The fourth-order valence-corrected chi connectivity index (χ4v) is 2.78. The Morgan fingerprint density at radius 1 is 1.09 bits per heavy atom. The molecule has 0 spiro atoms. The van der Waals surface area contributed by atoms with Gasteiger partial charge in [-0.2, -0.15) is 0 Å². The lowest BCUT2D eigenvalue weighted by Crippen LogP contribution is -2.29. The maximum atomic E-state index is 12.0. The quantitative estimate of drug-likeness (QED) is 0.852. The van der Waals surface area contributed by atoms with Gasteiger partial charge in [0.2, 0.25) is 0 Å². The fraction of sp³-hybridized carbons (Fsp3) is 0.312. The smallest absolute Gasteiger partial charge is 0.315 e. The Balaban J connectivity index is 2.07. The van der Waals surface area contributed by atoms with Gasteiger partial charge in [0.05, 0.1) is 5.69 Å². The van der Waals surface area contributed by atoms with Gasteiger partial charge >= 0.3 is 11.8 Å². The molecule has 22 heavy (non-hydrogen) atoms. The van der Waals surface area contributed by atoms with E-state index in [1.165, 1.54) is 11.3 Å². The topological polar surface area (TPSA) is 71.1 Å². The monoisotopic (exact) mass is 317 g/mol. The van der Waals surface area contributed by atoms with Gasteiger partial charge in [0.25, 0.3) is 0 Å². The van der Waals surface area contributed by atoms with E-state index in [0.29, 0.717) is 10.8 Å². The Labute approximate surface area is 133 Å². The predicted molar refractivity (Wildman–Crippen MR) is 89.4 cm³/mol. The molecule has 2 amide bonds. The summed E-state index contributed by atoms with van der Waals surface area (Å²) >= 11 is 1.35. The van der Waals surface area contributed by atoms with Crippen molar-refractivity contribution in [2.24, 2.45) is 0 Å². The molecule has 6 heteroatoms. The molecule has 0 radical (unpaired) electrons. The first-order valence-electron chi connectivity index (χ1n) is 7.03. The molecule has 2 rings (SSSR count). The normalized spacial score (nSPS) is 10.6. The summed E-state index contributed by atoms with van der Waals surface area (Å²) in [5, 5.41) is 5.63. The Morgan fingerprint density at radius 3 is 2.32 bits per heavy atom. The number of nitrogens with zero attached hydrogens (tertiary/aromatic N) is 1. The Bertz CT molecular complexity index is 688. The fourth-order valence-electron chi connectivity index (χ4n) is 1.97. The molecule has 2 aromatic rings. The summed E-state index contributed by atoms with van der Waals surface area (Å²) in [5.74, 6) is -1.16. The lowest BCUT2D eigenvalue weighted by atomic mass is 10.0. The first-order chi connectivity index (χ1) is 10.4. The molecule has 1 aromatic carbocycles. The summed E-state index contributed by atoms with van der Waals surface area (Å²) in [6, 6.07) is 7.46. The molecule has 0 unspecified atom stereocenters. The van der Waals surface area contributed by atoms with Crippen LogP contribution in [-0.4, -0.2) is 16.8 Å². The van der Waals surface area contributed by atoms with E-state index in [1.807, 2.05) is 45.9 Å². The molecule has 2 N–H and O–H groups in total. The molecule has 0 aliphatic carbocycles. The number of carbonyl (C=O) groups excluding carboxylic acids is 2. The number of aromatic nitrogens is 1. The first-order valence-corrected chi connectivity index (χ1v) is 7.85. The molecule has 1 aromatic heterocycles. The maximum absolute atomic E-state index is 12.0. The van der Waals surface area contributed by atoms with Crippen molar-refractivity contribution in [2.75, 3.05) is 10.6 Å². The summed E-state index contributed by atoms with van der Waals surface area (Å²) in [5.41, 5.74) is 2.50. The van der Waals surface area contributed by atoms with E-state index in [1.54, 1.807) is 6.07 Å². The van der Waals surface area contributed by atoms with Gasteiger partial charge in [0, 0.05) is 10.6 Å². The van der Waals surface area contributed by atoms with Gasteiger partial charge in [-0.15, -0.1) is 11.3 Å². The number of carbonyl (C=O) groups is 2. The van der Waals surface area contributed by atoms with Crippen LogP contribution in [0.4, 0.5) is 10.8 Å². The van der Waals surface area contributed by atoms with Crippen molar-refractivity contribution in [1.29, 1.82) is 0 Å². The minimum atomic E-state index is -0.715. The van der Waals surface area contributed by atoms with Gasteiger partial charge in [-0.1, -0.05) is 32.0 Å². The van der Waals surface area contributed by atoms with Gasteiger partial charge in [0.15, 0.2) is 5.13 Å².